The molecule has 0 radical (unpaired) electrons. The van der Waals surface area contributed by atoms with Crippen molar-refractivity contribution in [1.29, 1.82) is 0 Å². The number of thiophene rings is 1. The Hall–Kier alpha value is -0.870. The number of amides is 1. The molecule has 3 nitrogen and oxygen atoms in total. The van der Waals surface area contributed by atoms with E-state index in [1.165, 1.54) is 17.7 Å². The normalized spacial score (nSPS) is 18.1. The second-order valence-corrected chi connectivity index (χ2v) is 6.89. The Kier molecular flexibility index (Phi) is 6.05. The lowest BCUT2D eigenvalue weighted by molar-refractivity contribution is -0.130. The first-order chi connectivity index (χ1) is 9.68. The molecule has 1 atom stereocenters. The van der Waals surface area contributed by atoms with E-state index in [1.54, 1.807) is 11.3 Å². The van der Waals surface area contributed by atoms with Crippen LogP contribution >= 0.6 is 11.3 Å². The third-order valence-corrected chi connectivity index (χ3v) is 4.90. The predicted octanol–water partition coefficient (Wildman–Crippen LogP) is 3.44. The van der Waals surface area contributed by atoms with Gasteiger partial charge in [0.15, 0.2) is 0 Å². The van der Waals surface area contributed by atoms with Crippen molar-refractivity contribution in [3.05, 3.63) is 22.4 Å². The van der Waals surface area contributed by atoms with Gasteiger partial charge in [-0.2, -0.15) is 0 Å². The summed E-state index contributed by atoms with van der Waals surface area (Å²) >= 11 is 1.76. The van der Waals surface area contributed by atoms with Gasteiger partial charge in [0.2, 0.25) is 5.91 Å². The number of carbonyl (C=O) groups excluding carboxylic acids is 1. The maximum atomic E-state index is 12.3. The van der Waals surface area contributed by atoms with Crippen molar-refractivity contribution >= 4 is 17.2 Å². The van der Waals surface area contributed by atoms with Crippen LogP contribution in [0.25, 0.3) is 0 Å². The first-order valence-electron chi connectivity index (χ1n) is 7.73. The van der Waals surface area contributed by atoms with Crippen LogP contribution in [0.3, 0.4) is 0 Å². The van der Waals surface area contributed by atoms with Crippen molar-refractivity contribution in [3.63, 3.8) is 0 Å². The van der Waals surface area contributed by atoms with Gasteiger partial charge in [0.05, 0.1) is 6.54 Å². The molecule has 1 amide bonds. The highest BCUT2D eigenvalue weighted by molar-refractivity contribution is 7.10. The molecule has 0 aromatic carbocycles. The molecule has 0 saturated carbocycles. The average molecular weight is 294 g/mol. The van der Waals surface area contributed by atoms with Gasteiger partial charge in [0.1, 0.15) is 0 Å². The fourth-order valence-electron chi connectivity index (χ4n) is 2.76. The molecule has 1 aromatic rings. The van der Waals surface area contributed by atoms with Crippen LogP contribution < -0.4 is 5.32 Å². The maximum absolute atomic E-state index is 12.3. The van der Waals surface area contributed by atoms with Crippen molar-refractivity contribution in [2.24, 2.45) is 5.92 Å². The second kappa shape index (κ2) is 7.79. The molecule has 1 aliphatic rings. The third kappa shape index (κ3) is 4.32. The quantitative estimate of drug-likeness (QED) is 0.902. The smallest absolute Gasteiger partial charge is 0.236 e. The second-order valence-electron chi connectivity index (χ2n) is 5.91. The highest BCUT2D eigenvalue weighted by Gasteiger charge is 2.20. The van der Waals surface area contributed by atoms with Crippen LogP contribution in [0.15, 0.2) is 17.5 Å². The molecule has 0 spiro atoms. The molecule has 2 heterocycles. The van der Waals surface area contributed by atoms with Crippen molar-refractivity contribution < 1.29 is 4.79 Å². The summed E-state index contributed by atoms with van der Waals surface area (Å²) in [6, 6.07) is 4.51. The van der Waals surface area contributed by atoms with E-state index in [4.69, 9.17) is 0 Å². The van der Waals surface area contributed by atoms with Crippen LogP contribution in [0.4, 0.5) is 0 Å². The zero-order valence-electron chi connectivity index (χ0n) is 12.6. The van der Waals surface area contributed by atoms with Crippen LogP contribution in [0, 0.1) is 5.92 Å². The summed E-state index contributed by atoms with van der Waals surface area (Å²) in [6.07, 6.45) is 4.84. The summed E-state index contributed by atoms with van der Waals surface area (Å²) in [5, 5.41) is 5.56. The van der Waals surface area contributed by atoms with Crippen LogP contribution in [-0.4, -0.2) is 30.4 Å². The number of carbonyl (C=O) groups is 1. The van der Waals surface area contributed by atoms with Gasteiger partial charge in [-0.05, 0) is 30.2 Å². The minimum atomic E-state index is 0.258. The SMILES string of the molecule is CC(C)C(NCC(=O)N1CCCCCC1)c1cccs1. The fourth-order valence-corrected chi connectivity index (χ4v) is 3.74. The first kappa shape index (κ1) is 15.5. The van der Waals surface area contributed by atoms with Crippen LogP contribution in [0.5, 0.6) is 0 Å². The lowest BCUT2D eigenvalue weighted by Gasteiger charge is -2.25. The Bertz CT molecular complexity index is 395. The largest absolute Gasteiger partial charge is 0.342 e. The lowest BCUT2D eigenvalue weighted by Crippen LogP contribution is -2.40. The van der Waals surface area contributed by atoms with Crippen molar-refractivity contribution in [2.75, 3.05) is 19.6 Å². The van der Waals surface area contributed by atoms with Crippen molar-refractivity contribution in [1.82, 2.24) is 10.2 Å². The zero-order chi connectivity index (χ0) is 14.4. The van der Waals surface area contributed by atoms with Crippen LogP contribution in [-0.2, 0) is 4.79 Å². The summed E-state index contributed by atoms with van der Waals surface area (Å²) in [4.78, 5) is 15.7. The molecule has 2 rings (SSSR count). The number of rotatable bonds is 5. The van der Waals surface area contributed by atoms with Crippen molar-refractivity contribution in [3.8, 4) is 0 Å². The monoisotopic (exact) mass is 294 g/mol. The van der Waals surface area contributed by atoms with Gasteiger partial charge < -0.3 is 10.2 Å². The van der Waals surface area contributed by atoms with Gasteiger partial charge in [-0.3, -0.25) is 4.79 Å². The van der Waals surface area contributed by atoms with E-state index in [2.05, 4.69) is 36.7 Å². The van der Waals surface area contributed by atoms with Gasteiger partial charge >= 0.3 is 0 Å². The molecule has 4 heteroatoms. The number of hydrogen-bond donors (Lipinski definition) is 1. The molecule has 1 saturated heterocycles. The van der Waals surface area contributed by atoms with E-state index < -0.39 is 0 Å². The van der Waals surface area contributed by atoms with E-state index >= 15 is 0 Å². The van der Waals surface area contributed by atoms with E-state index in [9.17, 15) is 4.79 Å². The minimum Gasteiger partial charge on any atom is -0.342 e. The Morgan fingerprint density at radius 3 is 2.55 bits per heavy atom. The van der Waals surface area contributed by atoms with Crippen LogP contribution in [0.1, 0.15) is 50.4 Å². The number of likely N-dealkylation sites (tertiary alicyclic amines) is 1. The summed E-state index contributed by atoms with van der Waals surface area (Å²) < 4.78 is 0. The maximum Gasteiger partial charge on any atom is 0.236 e. The lowest BCUT2D eigenvalue weighted by atomic mass is 10.0. The molecule has 1 aromatic heterocycles. The van der Waals surface area contributed by atoms with E-state index in [-0.39, 0.29) is 11.9 Å². The molecule has 0 aliphatic carbocycles. The Balaban J connectivity index is 1.87. The van der Waals surface area contributed by atoms with E-state index in [0.717, 1.165) is 25.9 Å². The molecular weight excluding hydrogens is 268 g/mol. The molecule has 112 valence electrons. The third-order valence-electron chi connectivity index (χ3n) is 3.95. The standard InChI is InChI=1S/C16H26N2OS/c1-13(2)16(14-8-7-11-20-14)17-12-15(19)18-9-5-3-4-6-10-18/h7-8,11,13,16-17H,3-6,9-10,12H2,1-2H3. The molecule has 20 heavy (non-hydrogen) atoms. The summed E-state index contributed by atoms with van der Waals surface area (Å²) in [5.41, 5.74) is 0. The summed E-state index contributed by atoms with van der Waals surface area (Å²) in [5.74, 6) is 0.750. The Labute approximate surface area is 126 Å². The molecule has 1 aliphatic heterocycles. The minimum absolute atomic E-state index is 0.258. The average Bonchev–Trinajstić information content (AvgIpc) is 2.80. The topological polar surface area (TPSA) is 32.3 Å². The van der Waals surface area contributed by atoms with Gasteiger partial charge in [-0.15, -0.1) is 11.3 Å². The van der Waals surface area contributed by atoms with Crippen molar-refractivity contribution in [2.45, 2.75) is 45.6 Å². The summed E-state index contributed by atoms with van der Waals surface area (Å²) in [7, 11) is 0. The molecule has 0 bridgehead atoms. The highest BCUT2D eigenvalue weighted by Crippen LogP contribution is 2.25. The van der Waals surface area contributed by atoms with Gasteiger partial charge in [-0.25, -0.2) is 0 Å². The molecule has 1 N–H and O–H groups in total. The number of nitrogens with zero attached hydrogens (tertiary/aromatic N) is 1. The predicted molar refractivity (Wildman–Crippen MR) is 84.9 cm³/mol. The van der Waals surface area contributed by atoms with Gasteiger partial charge in [-0.1, -0.05) is 32.8 Å². The Morgan fingerprint density at radius 2 is 2.00 bits per heavy atom. The van der Waals surface area contributed by atoms with Crippen LogP contribution in [0.2, 0.25) is 0 Å². The molecule has 1 unspecified atom stereocenters. The first-order valence-corrected chi connectivity index (χ1v) is 8.61. The number of hydrogen-bond acceptors (Lipinski definition) is 3. The van der Waals surface area contributed by atoms with E-state index in [1.807, 2.05) is 4.90 Å². The fraction of sp³-hybridized carbons (Fsp3) is 0.688. The Morgan fingerprint density at radius 1 is 1.30 bits per heavy atom. The van der Waals surface area contributed by atoms with Gasteiger partial charge in [0.25, 0.3) is 0 Å². The molecule has 1 fully saturated rings. The zero-order valence-corrected chi connectivity index (χ0v) is 13.4. The summed E-state index contributed by atoms with van der Waals surface area (Å²) in [6.45, 7) is 6.74. The van der Waals surface area contributed by atoms with Gasteiger partial charge in [0, 0.05) is 24.0 Å². The highest BCUT2D eigenvalue weighted by atomic mass is 32.1. The number of nitrogens with one attached hydrogen (secondary N) is 1. The van der Waals surface area contributed by atoms with E-state index in [0.29, 0.717) is 12.5 Å². The molecular formula is C16H26N2OS.